The molecule has 5 aromatic rings. The molecule has 0 radical (unpaired) electrons. The van der Waals surface area contributed by atoms with Gasteiger partial charge in [0.15, 0.2) is 11.6 Å². The third kappa shape index (κ3) is 4.68. The maximum Gasteiger partial charge on any atom is 0.341 e. The fraction of sp³-hybridized carbons (Fsp3) is 0.240. The quantitative estimate of drug-likeness (QED) is 0.314. The van der Waals surface area contributed by atoms with Gasteiger partial charge in [0.1, 0.15) is 5.56 Å². The predicted molar refractivity (Wildman–Crippen MR) is 134 cm³/mol. The molecule has 37 heavy (non-hydrogen) atoms. The van der Waals surface area contributed by atoms with Gasteiger partial charge < -0.3 is 5.11 Å². The number of aromatic carboxylic acids is 1. The molecule has 4 heterocycles. The van der Waals surface area contributed by atoms with E-state index < -0.39 is 5.97 Å². The first-order valence-electron chi connectivity index (χ1n) is 11.8. The summed E-state index contributed by atoms with van der Waals surface area (Å²) >= 11 is 0. The van der Waals surface area contributed by atoms with E-state index >= 15 is 0 Å². The Kier molecular flexibility index (Phi) is 6.45. The number of unbranched alkanes of at least 4 members (excludes halogenated alkanes) is 1. The molecule has 0 amide bonds. The molecule has 0 spiro atoms. The van der Waals surface area contributed by atoms with Crippen LogP contribution in [0.4, 0.5) is 0 Å². The summed E-state index contributed by atoms with van der Waals surface area (Å²) in [6.07, 6.45) is 7.19. The highest BCUT2D eigenvalue weighted by Crippen LogP contribution is 2.25. The van der Waals surface area contributed by atoms with Crippen molar-refractivity contribution in [2.75, 3.05) is 0 Å². The van der Waals surface area contributed by atoms with Gasteiger partial charge in [0, 0.05) is 30.7 Å². The Labute approximate surface area is 211 Å². The van der Waals surface area contributed by atoms with Gasteiger partial charge in [0.25, 0.3) is 0 Å². The van der Waals surface area contributed by atoms with Crippen LogP contribution < -0.4 is 5.69 Å². The van der Waals surface area contributed by atoms with E-state index in [0.29, 0.717) is 17.9 Å². The number of rotatable bonds is 9. The molecule has 12 heteroatoms. The van der Waals surface area contributed by atoms with Crippen LogP contribution in [0.5, 0.6) is 0 Å². The summed E-state index contributed by atoms with van der Waals surface area (Å²) in [5, 5.41) is 27.7. The minimum absolute atomic E-state index is 0.0363. The Morgan fingerprint density at radius 3 is 2.70 bits per heavy atom. The van der Waals surface area contributed by atoms with Crippen molar-refractivity contribution in [1.82, 2.24) is 44.5 Å². The second-order valence-corrected chi connectivity index (χ2v) is 8.64. The summed E-state index contributed by atoms with van der Waals surface area (Å²) in [5.74, 6) is -0.356. The van der Waals surface area contributed by atoms with Gasteiger partial charge in [0.05, 0.1) is 18.4 Å². The number of benzene rings is 1. The number of nitrogens with zero attached hydrogens (tertiary/aromatic N) is 8. The first kappa shape index (κ1) is 23.9. The number of aromatic nitrogens is 9. The highest BCUT2D eigenvalue weighted by molar-refractivity contribution is 5.91. The van der Waals surface area contributed by atoms with E-state index in [1.165, 1.54) is 15.4 Å². The van der Waals surface area contributed by atoms with Crippen LogP contribution in [0.15, 0.2) is 59.8 Å². The molecule has 0 unspecified atom stereocenters. The molecule has 0 bridgehead atoms. The number of hydrogen-bond acceptors (Lipinski definition) is 7. The first-order chi connectivity index (χ1) is 18.0. The van der Waals surface area contributed by atoms with Gasteiger partial charge in [-0.1, -0.05) is 31.5 Å². The van der Waals surface area contributed by atoms with Crippen LogP contribution in [-0.4, -0.2) is 55.6 Å². The number of aromatic amines is 1. The second kappa shape index (κ2) is 10.0. The zero-order chi connectivity index (χ0) is 25.9. The molecule has 1 aromatic carbocycles. The number of H-pyrrole nitrogens is 1. The van der Waals surface area contributed by atoms with Gasteiger partial charge in [-0.25, -0.2) is 14.7 Å². The van der Waals surface area contributed by atoms with E-state index in [2.05, 4.69) is 37.6 Å². The molecule has 0 saturated carbocycles. The summed E-state index contributed by atoms with van der Waals surface area (Å²) in [4.78, 5) is 29.8. The number of imidazole rings is 1. The molecule has 0 aliphatic carbocycles. The van der Waals surface area contributed by atoms with Gasteiger partial charge in [0.2, 0.25) is 0 Å². The van der Waals surface area contributed by atoms with Gasteiger partial charge in [-0.15, -0.1) is 5.10 Å². The highest BCUT2D eigenvalue weighted by Gasteiger charge is 2.22. The summed E-state index contributed by atoms with van der Waals surface area (Å²) in [6, 6.07) is 11.7. The van der Waals surface area contributed by atoms with E-state index in [9.17, 15) is 14.7 Å². The Morgan fingerprint density at radius 2 is 1.95 bits per heavy atom. The van der Waals surface area contributed by atoms with Gasteiger partial charge in [-0.05, 0) is 52.6 Å². The van der Waals surface area contributed by atoms with Gasteiger partial charge >= 0.3 is 11.7 Å². The molecular weight excluding hydrogens is 474 g/mol. The van der Waals surface area contributed by atoms with E-state index in [1.54, 1.807) is 24.0 Å². The first-order valence-corrected chi connectivity index (χ1v) is 11.8. The molecule has 12 nitrogen and oxygen atoms in total. The monoisotopic (exact) mass is 499 g/mol. The topological polar surface area (TPSA) is 149 Å². The van der Waals surface area contributed by atoms with Crippen LogP contribution in [0.1, 0.15) is 41.5 Å². The minimum Gasteiger partial charge on any atom is -0.477 e. The van der Waals surface area contributed by atoms with Crippen molar-refractivity contribution in [1.29, 1.82) is 0 Å². The second-order valence-electron chi connectivity index (χ2n) is 8.64. The lowest BCUT2D eigenvalue weighted by Gasteiger charge is -2.09. The van der Waals surface area contributed by atoms with Gasteiger partial charge in [-0.3, -0.25) is 18.8 Å². The standard InChI is InChI=1S/C25H25N9O3/c1-3-4-8-20-15-34(23-21(24(35)36)13-27-32(23)2)25(37)33(20)14-19-12-17(9-10-26-19)16-6-5-7-18(11-16)22-28-30-31-29-22/h5-7,9-13,15H,3-4,8,14H2,1-2H3,(H,35,36)(H,28,29,30,31). The summed E-state index contributed by atoms with van der Waals surface area (Å²) in [5.41, 5.74) is 3.86. The molecule has 0 aliphatic heterocycles. The zero-order valence-corrected chi connectivity index (χ0v) is 20.4. The lowest BCUT2D eigenvalue weighted by atomic mass is 10.0. The van der Waals surface area contributed by atoms with E-state index in [4.69, 9.17) is 0 Å². The number of tetrazole rings is 1. The van der Waals surface area contributed by atoms with E-state index in [-0.39, 0.29) is 23.6 Å². The maximum absolute atomic E-state index is 13.6. The zero-order valence-electron chi connectivity index (χ0n) is 20.4. The number of carboxylic acids is 1. The highest BCUT2D eigenvalue weighted by atomic mass is 16.4. The number of nitrogens with one attached hydrogen (secondary N) is 1. The van der Waals surface area contributed by atoms with Crippen LogP contribution in [0.2, 0.25) is 0 Å². The number of carboxylic acid groups (broad SMARTS) is 1. The van der Waals surface area contributed by atoms with Crippen molar-refractivity contribution in [3.8, 4) is 28.3 Å². The van der Waals surface area contributed by atoms with E-state index in [1.807, 2.05) is 36.4 Å². The Morgan fingerprint density at radius 1 is 1.14 bits per heavy atom. The van der Waals surface area contributed by atoms with Gasteiger partial charge in [-0.2, -0.15) is 5.10 Å². The van der Waals surface area contributed by atoms with Crippen molar-refractivity contribution >= 4 is 5.97 Å². The van der Waals surface area contributed by atoms with Crippen LogP contribution in [-0.2, 0) is 20.0 Å². The molecule has 0 aliphatic rings. The Bertz CT molecular complexity index is 1610. The fourth-order valence-electron chi connectivity index (χ4n) is 4.31. The normalized spacial score (nSPS) is 11.2. The molecule has 0 atom stereocenters. The molecule has 5 rings (SSSR count). The van der Waals surface area contributed by atoms with E-state index in [0.717, 1.165) is 35.2 Å². The average molecular weight is 500 g/mol. The number of hydrogen-bond donors (Lipinski definition) is 2. The third-order valence-electron chi connectivity index (χ3n) is 6.17. The van der Waals surface area contributed by atoms with Crippen molar-refractivity contribution in [2.24, 2.45) is 7.05 Å². The molecule has 0 fully saturated rings. The van der Waals surface area contributed by atoms with Crippen molar-refractivity contribution in [2.45, 2.75) is 32.7 Å². The van der Waals surface area contributed by atoms with Crippen LogP contribution in [0.3, 0.4) is 0 Å². The minimum atomic E-state index is -1.14. The van der Waals surface area contributed by atoms with Crippen LogP contribution in [0, 0.1) is 0 Å². The molecule has 188 valence electrons. The fourth-order valence-corrected chi connectivity index (χ4v) is 4.31. The maximum atomic E-state index is 13.6. The largest absolute Gasteiger partial charge is 0.477 e. The summed E-state index contributed by atoms with van der Waals surface area (Å²) in [6.45, 7) is 2.32. The smallest absolute Gasteiger partial charge is 0.341 e. The number of carbonyl (C=O) groups is 1. The van der Waals surface area contributed by atoms with Crippen molar-refractivity contribution in [3.05, 3.63) is 82.4 Å². The number of pyridine rings is 1. The number of aryl methyl sites for hydroxylation is 2. The predicted octanol–water partition coefficient (Wildman–Crippen LogP) is 2.70. The third-order valence-corrected chi connectivity index (χ3v) is 6.17. The van der Waals surface area contributed by atoms with Crippen LogP contribution >= 0.6 is 0 Å². The molecule has 4 aromatic heterocycles. The Balaban J connectivity index is 1.53. The lowest BCUT2D eigenvalue weighted by Crippen LogP contribution is -2.27. The van der Waals surface area contributed by atoms with Crippen molar-refractivity contribution in [3.63, 3.8) is 0 Å². The SMILES string of the molecule is CCCCc1cn(-c2c(C(=O)O)cnn2C)c(=O)n1Cc1cc(-c2cccc(-c3nnn[nH]3)c2)ccn1. The lowest BCUT2D eigenvalue weighted by molar-refractivity contribution is 0.0696. The van der Waals surface area contributed by atoms with Crippen LogP contribution in [0.25, 0.3) is 28.3 Å². The summed E-state index contributed by atoms with van der Waals surface area (Å²) < 4.78 is 4.41. The Hall–Kier alpha value is -4.87. The molecule has 0 saturated heterocycles. The molecular formula is C25H25N9O3. The van der Waals surface area contributed by atoms with Crippen molar-refractivity contribution < 1.29 is 9.90 Å². The molecule has 2 N–H and O–H groups in total. The average Bonchev–Trinajstić information content (AvgIpc) is 3.64. The summed E-state index contributed by atoms with van der Waals surface area (Å²) in [7, 11) is 1.62.